The van der Waals surface area contributed by atoms with Crippen molar-refractivity contribution >= 4 is 5.97 Å². The van der Waals surface area contributed by atoms with Crippen LogP contribution in [0, 0.1) is 5.92 Å². The van der Waals surface area contributed by atoms with Crippen LogP contribution in [-0.2, 0) is 9.53 Å². The topological polar surface area (TPSA) is 38.3 Å². The molecular weight excluding hydrogens is 178 g/mol. The van der Waals surface area contributed by atoms with Crippen molar-refractivity contribution in [3.63, 3.8) is 0 Å². The van der Waals surface area contributed by atoms with Gasteiger partial charge in [0.05, 0.1) is 13.0 Å². The van der Waals surface area contributed by atoms with Crippen LogP contribution in [-0.4, -0.2) is 25.2 Å². The van der Waals surface area contributed by atoms with Crippen LogP contribution in [0.1, 0.15) is 39.5 Å². The minimum absolute atomic E-state index is 0.0379. The summed E-state index contributed by atoms with van der Waals surface area (Å²) >= 11 is 0. The first-order chi connectivity index (χ1) is 6.63. The van der Waals surface area contributed by atoms with Gasteiger partial charge >= 0.3 is 5.97 Å². The van der Waals surface area contributed by atoms with Crippen molar-refractivity contribution in [1.82, 2.24) is 5.32 Å². The zero-order valence-electron chi connectivity index (χ0n) is 9.43. The minimum atomic E-state index is -0.122. The Kier molecular flexibility index (Phi) is 3.93. The van der Waals surface area contributed by atoms with E-state index in [9.17, 15) is 4.79 Å². The van der Waals surface area contributed by atoms with Crippen LogP contribution in [0.5, 0.6) is 0 Å². The molecule has 1 atom stereocenters. The number of hydrogen-bond donors (Lipinski definition) is 1. The number of esters is 1. The number of carbonyl (C=O) groups is 1. The molecule has 0 spiro atoms. The largest absolute Gasteiger partial charge is 0.469 e. The maximum Gasteiger partial charge on any atom is 0.309 e. The molecular formula is C11H21NO2. The number of carbonyl (C=O) groups excluding carboxylic acids is 1. The summed E-state index contributed by atoms with van der Waals surface area (Å²) < 4.78 is 4.68. The average molecular weight is 199 g/mol. The molecule has 3 heteroatoms. The average Bonchev–Trinajstić information content (AvgIpc) is 2.15. The second-order valence-corrected chi connectivity index (χ2v) is 4.29. The van der Waals surface area contributed by atoms with Gasteiger partial charge < -0.3 is 10.1 Å². The summed E-state index contributed by atoms with van der Waals surface area (Å²) in [7, 11) is 1.44. The van der Waals surface area contributed by atoms with Crippen molar-refractivity contribution < 1.29 is 9.53 Å². The first-order valence-electron chi connectivity index (χ1n) is 5.46. The number of methoxy groups -OCH3 is 1. The van der Waals surface area contributed by atoms with Crippen molar-refractivity contribution in [2.45, 2.75) is 45.1 Å². The second-order valence-electron chi connectivity index (χ2n) is 4.29. The first kappa shape index (κ1) is 11.5. The van der Waals surface area contributed by atoms with E-state index in [1.165, 1.54) is 26.4 Å². The van der Waals surface area contributed by atoms with E-state index in [-0.39, 0.29) is 11.9 Å². The van der Waals surface area contributed by atoms with Gasteiger partial charge in [0.15, 0.2) is 0 Å². The van der Waals surface area contributed by atoms with Crippen LogP contribution in [0.15, 0.2) is 0 Å². The molecule has 3 nitrogen and oxygen atoms in total. The molecule has 0 aliphatic heterocycles. The van der Waals surface area contributed by atoms with Gasteiger partial charge in [-0.05, 0) is 25.7 Å². The number of ether oxygens (including phenoxy) is 1. The van der Waals surface area contributed by atoms with E-state index >= 15 is 0 Å². The summed E-state index contributed by atoms with van der Waals surface area (Å²) in [6.45, 7) is 4.84. The Morgan fingerprint density at radius 1 is 1.57 bits per heavy atom. The molecule has 1 rings (SSSR count). The molecule has 0 saturated heterocycles. The highest BCUT2D eigenvalue weighted by Crippen LogP contribution is 2.34. The smallest absolute Gasteiger partial charge is 0.309 e. The zero-order valence-corrected chi connectivity index (χ0v) is 9.43. The monoisotopic (exact) mass is 199 g/mol. The summed E-state index contributed by atoms with van der Waals surface area (Å²) in [5.41, 5.74) is 0.322. The van der Waals surface area contributed by atoms with Crippen LogP contribution < -0.4 is 5.32 Å². The van der Waals surface area contributed by atoms with E-state index < -0.39 is 0 Å². The van der Waals surface area contributed by atoms with E-state index in [0.29, 0.717) is 5.54 Å². The van der Waals surface area contributed by atoms with E-state index in [4.69, 9.17) is 0 Å². The highest BCUT2D eigenvalue weighted by Gasteiger charge is 2.34. The normalized spacial score (nSPS) is 21.1. The third-order valence-electron chi connectivity index (χ3n) is 3.37. The van der Waals surface area contributed by atoms with Gasteiger partial charge in [0.1, 0.15) is 0 Å². The molecule has 82 valence electrons. The Morgan fingerprint density at radius 2 is 2.21 bits per heavy atom. The van der Waals surface area contributed by atoms with Crippen molar-refractivity contribution in [3.8, 4) is 0 Å². The molecule has 1 N–H and O–H groups in total. The highest BCUT2D eigenvalue weighted by molar-refractivity contribution is 5.72. The fraction of sp³-hybridized carbons (Fsp3) is 0.909. The van der Waals surface area contributed by atoms with Gasteiger partial charge in [-0.15, -0.1) is 0 Å². The van der Waals surface area contributed by atoms with Crippen molar-refractivity contribution in [2.75, 3.05) is 13.7 Å². The third kappa shape index (κ3) is 2.47. The highest BCUT2D eigenvalue weighted by atomic mass is 16.5. The van der Waals surface area contributed by atoms with Gasteiger partial charge in [-0.25, -0.2) is 0 Å². The number of hydrogen-bond acceptors (Lipinski definition) is 3. The van der Waals surface area contributed by atoms with Crippen molar-refractivity contribution in [3.05, 3.63) is 0 Å². The van der Waals surface area contributed by atoms with Crippen molar-refractivity contribution in [2.24, 2.45) is 5.92 Å². The van der Waals surface area contributed by atoms with Gasteiger partial charge in [-0.3, -0.25) is 4.79 Å². The molecule has 0 aromatic heterocycles. The van der Waals surface area contributed by atoms with E-state index in [0.717, 1.165) is 13.0 Å². The van der Waals surface area contributed by atoms with Gasteiger partial charge in [-0.1, -0.05) is 13.8 Å². The lowest BCUT2D eigenvalue weighted by molar-refractivity contribution is -0.144. The lowest BCUT2D eigenvalue weighted by atomic mass is 9.74. The molecule has 0 aromatic carbocycles. The Balaban J connectivity index is 2.28. The summed E-state index contributed by atoms with van der Waals surface area (Å²) in [6.07, 6.45) is 4.96. The van der Waals surface area contributed by atoms with Crippen LogP contribution in [0.2, 0.25) is 0 Å². The standard InChI is InChI=1S/C11H21NO2/c1-4-11(6-5-7-11)12-8-9(2)10(13)14-3/h9,12H,4-8H2,1-3H3. The van der Waals surface area contributed by atoms with Crippen LogP contribution in [0.25, 0.3) is 0 Å². The van der Waals surface area contributed by atoms with Gasteiger partial charge in [0.25, 0.3) is 0 Å². The summed E-state index contributed by atoms with van der Waals surface area (Å²) in [4.78, 5) is 11.2. The maximum atomic E-state index is 11.2. The Morgan fingerprint density at radius 3 is 2.57 bits per heavy atom. The first-order valence-corrected chi connectivity index (χ1v) is 5.46. The van der Waals surface area contributed by atoms with Crippen LogP contribution in [0.3, 0.4) is 0 Å². The lowest BCUT2D eigenvalue weighted by Gasteiger charge is -2.42. The predicted molar refractivity (Wildman–Crippen MR) is 56.1 cm³/mol. The SMILES string of the molecule is CCC1(NCC(C)C(=O)OC)CCC1. The molecule has 1 unspecified atom stereocenters. The second kappa shape index (κ2) is 4.78. The Bertz CT molecular complexity index is 194. The molecule has 0 amide bonds. The Hall–Kier alpha value is -0.570. The maximum absolute atomic E-state index is 11.2. The molecule has 0 radical (unpaired) electrons. The molecule has 1 saturated carbocycles. The summed E-state index contributed by atoms with van der Waals surface area (Å²) in [6, 6.07) is 0. The fourth-order valence-electron chi connectivity index (χ4n) is 1.91. The summed E-state index contributed by atoms with van der Waals surface area (Å²) in [5, 5.41) is 3.50. The zero-order chi connectivity index (χ0) is 10.6. The van der Waals surface area contributed by atoms with Crippen LogP contribution >= 0.6 is 0 Å². The quantitative estimate of drug-likeness (QED) is 0.685. The molecule has 0 heterocycles. The van der Waals surface area contributed by atoms with Crippen LogP contribution in [0.4, 0.5) is 0 Å². The predicted octanol–water partition coefficient (Wildman–Crippen LogP) is 1.72. The molecule has 1 aliphatic rings. The molecule has 1 aliphatic carbocycles. The molecule has 0 bridgehead atoms. The molecule has 14 heavy (non-hydrogen) atoms. The van der Waals surface area contributed by atoms with Gasteiger partial charge in [0.2, 0.25) is 0 Å². The lowest BCUT2D eigenvalue weighted by Crippen LogP contribution is -2.52. The fourth-order valence-corrected chi connectivity index (χ4v) is 1.91. The minimum Gasteiger partial charge on any atom is -0.469 e. The van der Waals surface area contributed by atoms with E-state index in [1.54, 1.807) is 0 Å². The number of rotatable bonds is 5. The van der Waals surface area contributed by atoms with E-state index in [1.807, 2.05) is 6.92 Å². The van der Waals surface area contributed by atoms with Gasteiger partial charge in [-0.2, -0.15) is 0 Å². The third-order valence-corrected chi connectivity index (χ3v) is 3.37. The van der Waals surface area contributed by atoms with Crippen molar-refractivity contribution in [1.29, 1.82) is 0 Å². The van der Waals surface area contributed by atoms with Gasteiger partial charge in [0, 0.05) is 12.1 Å². The Labute approximate surface area is 86.2 Å². The molecule has 0 aromatic rings. The molecule has 1 fully saturated rings. The number of nitrogens with one attached hydrogen (secondary N) is 1. The summed E-state index contributed by atoms with van der Waals surface area (Å²) in [5.74, 6) is -0.160. The van der Waals surface area contributed by atoms with E-state index in [2.05, 4.69) is 17.0 Å².